The van der Waals surface area contributed by atoms with E-state index in [2.05, 4.69) is 10.0 Å². The van der Waals surface area contributed by atoms with Crippen LogP contribution in [0, 0.1) is 23.7 Å². The molecular formula is C16H22N2O4S. The minimum absolute atomic E-state index is 0.0598. The van der Waals surface area contributed by atoms with Gasteiger partial charge in [-0.05, 0) is 68.5 Å². The van der Waals surface area contributed by atoms with E-state index < -0.39 is 10.0 Å². The van der Waals surface area contributed by atoms with Gasteiger partial charge in [-0.15, -0.1) is 0 Å². The van der Waals surface area contributed by atoms with Gasteiger partial charge in [0.1, 0.15) is 0 Å². The number of hydrogen-bond donors (Lipinski definition) is 2. The summed E-state index contributed by atoms with van der Waals surface area (Å²) in [7, 11) is -2.34. The van der Waals surface area contributed by atoms with Gasteiger partial charge in [-0.1, -0.05) is 6.42 Å². The number of fused-ring (bicyclic) bond motifs is 5. The maximum atomic E-state index is 12.4. The van der Waals surface area contributed by atoms with Crippen molar-refractivity contribution in [2.75, 3.05) is 7.05 Å². The largest absolute Gasteiger partial charge is 0.438 e. The number of sulfonamides is 1. The Bertz CT molecular complexity index is 726. The van der Waals surface area contributed by atoms with Gasteiger partial charge in [0.05, 0.1) is 0 Å². The van der Waals surface area contributed by atoms with Gasteiger partial charge in [0.15, 0.2) is 5.76 Å². The van der Waals surface area contributed by atoms with E-state index in [1.54, 1.807) is 0 Å². The molecule has 3 aliphatic carbocycles. The Balaban J connectivity index is 1.45. The molecule has 2 N–H and O–H groups in total. The summed E-state index contributed by atoms with van der Waals surface area (Å²) in [5, 5.41) is 2.85. The molecule has 4 rings (SSSR count). The van der Waals surface area contributed by atoms with Gasteiger partial charge in [-0.3, -0.25) is 4.79 Å². The number of carbonyl (C=O) groups excluding carboxylic acids is 1. The summed E-state index contributed by atoms with van der Waals surface area (Å²) in [6, 6.07) is 2.95. The Morgan fingerprint density at radius 3 is 2.74 bits per heavy atom. The van der Waals surface area contributed by atoms with Crippen molar-refractivity contribution in [3.05, 3.63) is 17.9 Å². The normalized spacial score (nSPS) is 35.4. The highest BCUT2D eigenvalue weighted by Crippen LogP contribution is 2.58. The summed E-state index contributed by atoms with van der Waals surface area (Å²) in [5.41, 5.74) is 0. The number of rotatable bonds is 4. The van der Waals surface area contributed by atoms with Crippen LogP contribution in [0.25, 0.3) is 0 Å². The lowest BCUT2D eigenvalue weighted by Crippen LogP contribution is -2.42. The first-order valence-corrected chi connectivity index (χ1v) is 9.82. The number of nitrogens with one attached hydrogen (secondary N) is 2. The van der Waals surface area contributed by atoms with E-state index >= 15 is 0 Å². The first kappa shape index (κ1) is 15.2. The van der Waals surface area contributed by atoms with E-state index in [1.165, 1.54) is 44.9 Å². The van der Waals surface area contributed by atoms with E-state index in [9.17, 15) is 13.2 Å². The topological polar surface area (TPSA) is 88.4 Å². The molecule has 3 saturated carbocycles. The average Bonchev–Trinajstić information content (AvgIpc) is 3.27. The fourth-order valence-corrected chi connectivity index (χ4v) is 5.81. The molecule has 5 atom stereocenters. The molecule has 1 heterocycles. The van der Waals surface area contributed by atoms with Crippen LogP contribution in [-0.4, -0.2) is 27.4 Å². The molecule has 6 nitrogen and oxygen atoms in total. The zero-order valence-electron chi connectivity index (χ0n) is 13.1. The van der Waals surface area contributed by atoms with Crippen molar-refractivity contribution < 1.29 is 17.6 Å². The molecule has 2 bridgehead atoms. The SMILES string of the molecule is CNS(=O)(=O)c1ccc(C(=O)N[C@@H]2C[C@H]3C[C@H]2[C@@H]2CCC[C@H]32)o1. The van der Waals surface area contributed by atoms with Crippen molar-refractivity contribution in [1.82, 2.24) is 10.0 Å². The molecule has 3 fully saturated rings. The highest BCUT2D eigenvalue weighted by atomic mass is 32.2. The molecule has 126 valence electrons. The summed E-state index contributed by atoms with van der Waals surface area (Å²) in [5.74, 6) is 2.75. The molecule has 1 aromatic rings. The summed E-state index contributed by atoms with van der Waals surface area (Å²) in [4.78, 5) is 12.4. The molecule has 3 aliphatic rings. The average molecular weight is 338 g/mol. The predicted molar refractivity (Wildman–Crippen MR) is 83.3 cm³/mol. The summed E-state index contributed by atoms with van der Waals surface area (Å²) >= 11 is 0. The van der Waals surface area contributed by atoms with Crippen molar-refractivity contribution in [2.45, 2.75) is 43.2 Å². The molecular weight excluding hydrogens is 316 g/mol. The lowest BCUT2D eigenvalue weighted by Gasteiger charge is -2.31. The molecule has 0 spiro atoms. The molecule has 0 saturated heterocycles. The zero-order chi connectivity index (χ0) is 16.2. The Morgan fingerprint density at radius 2 is 1.96 bits per heavy atom. The van der Waals surface area contributed by atoms with Crippen molar-refractivity contribution >= 4 is 15.9 Å². The second kappa shape index (κ2) is 5.34. The highest BCUT2D eigenvalue weighted by Gasteiger charge is 2.54. The van der Waals surface area contributed by atoms with Crippen LogP contribution in [0.3, 0.4) is 0 Å². The lowest BCUT2D eigenvalue weighted by molar-refractivity contribution is 0.0867. The Kier molecular flexibility index (Phi) is 3.53. The van der Waals surface area contributed by atoms with Gasteiger partial charge in [-0.25, -0.2) is 13.1 Å². The van der Waals surface area contributed by atoms with Crippen LogP contribution < -0.4 is 10.0 Å². The van der Waals surface area contributed by atoms with Crippen molar-refractivity contribution in [3.8, 4) is 0 Å². The quantitative estimate of drug-likeness (QED) is 0.875. The molecule has 0 unspecified atom stereocenters. The zero-order valence-corrected chi connectivity index (χ0v) is 13.9. The van der Waals surface area contributed by atoms with Gasteiger partial charge in [0, 0.05) is 6.04 Å². The van der Waals surface area contributed by atoms with E-state index in [0.717, 1.165) is 24.2 Å². The van der Waals surface area contributed by atoms with Crippen LogP contribution in [0.2, 0.25) is 0 Å². The maximum Gasteiger partial charge on any atom is 0.287 e. The van der Waals surface area contributed by atoms with Gasteiger partial charge in [0.25, 0.3) is 15.9 Å². The monoisotopic (exact) mass is 338 g/mol. The molecule has 1 aromatic heterocycles. The fourth-order valence-electron chi connectivity index (χ4n) is 5.16. The van der Waals surface area contributed by atoms with Crippen LogP contribution in [0.4, 0.5) is 0 Å². The smallest absolute Gasteiger partial charge is 0.287 e. The van der Waals surface area contributed by atoms with Crippen LogP contribution >= 0.6 is 0 Å². The second-order valence-corrected chi connectivity index (χ2v) is 8.88. The van der Waals surface area contributed by atoms with E-state index in [1.807, 2.05) is 0 Å². The third-order valence-corrected chi connectivity index (χ3v) is 7.37. The van der Waals surface area contributed by atoms with Gasteiger partial charge in [-0.2, -0.15) is 0 Å². The number of furan rings is 1. The minimum Gasteiger partial charge on any atom is -0.438 e. The summed E-state index contributed by atoms with van der Waals surface area (Å²) in [6.45, 7) is 0. The van der Waals surface area contributed by atoms with Gasteiger partial charge >= 0.3 is 0 Å². The van der Waals surface area contributed by atoms with Crippen molar-refractivity contribution in [1.29, 1.82) is 0 Å². The Hall–Kier alpha value is -1.34. The summed E-state index contributed by atoms with van der Waals surface area (Å²) < 4.78 is 30.7. The van der Waals surface area contributed by atoms with E-state index in [4.69, 9.17) is 4.42 Å². The van der Waals surface area contributed by atoms with Crippen molar-refractivity contribution in [3.63, 3.8) is 0 Å². The van der Waals surface area contributed by atoms with Crippen LogP contribution in [-0.2, 0) is 10.0 Å². The fraction of sp³-hybridized carbons (Fsp3) is 0.688. The molecule has 0 aromatic carbocycles. The van der Waals surface area contributed by atoms with Gasteiger partial charge < -0.3 is 9.73 Å². The van der Waals surface area contributed by atoms with Crippen LogP contribution in [0.15, 0.2) is 21.6 Å². The predicted octanol–water partition coefficient (Wildman–Crippen LogP) is 1.74. The molecule has 0 radical (unpaired) electrons. The van der Waals surface area contributed by atoms with Crippen LogP contribution in [0.5, 0.6) is 0 Å². The standard InChI is InChI=1S/C16H22N2O4S/c1-17-23(20,21)15-6-5-14(22-15)16(19)18-13-8-9-7-12(13)11-4-2-3-10(9)11/h5-6,9-13,17H,2-4,7-8H2,1H3,(H,18,19)/t9-,10-,11-,12+,13-/m1/s1. The number of carbonyl (C=O) groups is 1. The Labute approximate surface area is 136 Å². The molecule has 0 aliphatic heterocycles. The summed E-state index contributed by atoms with van der Waals surface area (Å²) in [6.07, 6.45) is 6.27. The third kappa shape index (κ3) is 2.41. The number of amides is 1. The Morgan fingerprint density at radius 1 is 1.17 bits per heavy atom. The van der Waals surface area contributed by atoms with E-state index in [0.29, 0.717) is 5.92 Å². The third-order valence-electron chi connectivity index (χ3n) is 6.08. The molecule has 1 amide bonds. The number of hydrogen-bond acceptors (Lipinski definition) is 4. The molecule has 7 heteroatoms. The van der Waals surface area contributed by atoms with Crippen molar-refractivity contribution in [2.24, 2.45) is 23.7 Å². The van der Waals surface area contributed by atoms with Gasteiger partial charge in [0.2, 0.25) is 5.09 Å². The lowest BCUT2D eigenvalue weighted by atomic mass is 9.79. The maximum absolute atomic E-state index is 12.4. The van der Waals surface area contributed by atoms with E-state index in [-0.39, 0.29) is 22.8 Å². The first-order chi connectivity index (χ1) is 11.0. The molecule has 23 heavy (non-hydrogen) atoms. The second-order valence-electron chi connectivity index (χ2n) is 7.06. The first-order valence-electron chi connectivity index (χ1n) is 8.34. The minimum atomic E-state index is -3.65. The van der Waals surface area contributed by atoms with Crippen LogP contribution in [0.1, 0.15) is 42.7 Å². The highest BCUT2D eigenvalue weighted by molar-refractivity contribution is 7.89.